The fourth-order valence-electron chi connectivity index (χ4n) is 11.6. The monoisotopic (exact) mass is 430 g/mol. The summed E-state index contributed by atoms with van der Waals surface area (Å²) in [6, 6.07) is 1.16. The summed E-state index contributed by atoms with van der Waals surface area (Å²) in [5.41, 5.74) is 2.14. The summed E-state index contributed by atoms with van der Waals surface area (Å²) >= 11 is 0. The summed E-state index contributed by atoms with van der Waals surface area (Å²) < 4.78 is 0. The van der Waals surface area contributed by atoms with Gasteiger partial charge >= 0.3 is 0 Å². The van der Waals surface area contributed by atoms with Gasteiger partial charge in [0.2, 0.25) is 0 Å². The van der Waals surface area contributed by atoms with Crippen LogP contribution in [-0.2, 0) is 0 Å². The maximum absolute atomic E-state index is 11.4. The van der Waals surface area contributed by atoms with E-state index in [0.29, 0.717) is 28.2 Å². The molecule has 1 N–H and O–H groups in total. The molecular formula is C28H50N2O. The Balaban J connectivity index is 1.51. The van der Waals surface area contributed by atoms with Crippen LogP contribution in [0.4, 0.5) is 0 Å². The van der Waals surface area contributed by atoms with Crippen molar-refractivity contribution in [2.45, 2.75) is 104 Å². The molecule has 0 amide bonds. The van der Waals surface area contributed by atoms with Crippen LogP contribution in [0, 0.1) is 44.8 Å². The van der Waals surface area contributed by atoms with Crippen molar-refractivity contribution >= 4 is 0 Å². The highest BCUT2D eigenvalue weighted by Crippen LogP contribution is 2.89. The van der Waals surface area contributed by atoms with Crippen molar-refractivity contribution in [3.8, 4) is 0 Å². The molecule has 0 saturated heterocycles. The summed E-state index contributed by atoms with van der Waals surface area (Å²) in [6.45, 7) is 12.7. The summed E-state index contributed by atoms with van der Waals surface area (Å²) in [7, 11) is 9.01. The molecule has 2 spiro atoms. The van der Waals surface area contributed by atoms with E-state index in [-0.39, 0.29) is 16.9 Å². The van der Waals surface area contributed by atoms with Crippen molar-refractivity contribution in [1.29, 1.82) is 0 Å². The molecule has 178 valence electrons. The Morgan fingerprint density at radius 2 is 1.42 bits per heavy atom. The van der Waals surface area contributed by atoms with Crippen LogP contribution in [0.25, 0.3) is 0 Å². The van der Waals surface area contributed by atoms with E-state index in [4.69, 9.17) is 0 Å². The van der Waals surface area contributed by atoms with Crippen molar-refractivity contribution < 1.29 is 5.11 Å². The Labute approximate surface area is 192 Å². The molecule has 5 aliphatic carbocycles. The minimum Gasteiger partial charge on any atom is -0.393 e. The molecule has 10 atom stereocenters. The molecule has 5 aliphatic rings. The molecule has 31 heavy (non-hydrogen) atoms. The minimum atomic E-state index is -0.143. The number of aliphatic hydroxyl groups is 1. The number of hydrogen-bond acceptors (Lipinski definition) is 3. The molecule has 0 aromatic carbocycles. The van der Waals surface area contributed by atoms with Gasteiger partial charge < -0.3 is 14.9 Å². The zero-order valence-electron chi connectivity index (χ0n) is 22.0. The molecule has 3 heteroatoms. The highest BCUT2D eigenvalue weighted by Gasteiger charge is 2.82. The lowest BCUT2D eigenvalue weighted by molar-refractivity contribution is -0.152. The van der Waals surface area contributed by atoms with Crippen LogP contribution in [-0.4, -0.2) is 61.3 Å². The molecule has 0 heterocycles. The number of hydrogen-bond donors (Lipinski definition) is 1. The normalized spacial score (nSPS) is 55.9. The van der Waals surface area contributed by atoms with Gasteiger partial charge in [0.25, 0.3) is 0 Å². The van der Waals surface area contributed by atoms with Crippen LogP contribution in [0.15, 0.2) is 0 Å². The van der Waals surface area contributed by atoms with Crippen molar-refractivity contribution in [2.75, 3.05) is 28.2 Å². The van der Waals surface area contributed by atoms with E-state index in [1.165, 1.54) is 44.9 Å². The average Bonchev–Trinajstić information content (AvgIpc) is 3.26. The first-order chi connectivity index (χ1) is 14.3. The average molecular weight is 431 g/mol. The summed E-state index contributed by atoms with van der Waals surface area (Å²) in [6.07, 6.45) is 10.8. The van der Waals surface area contributed by atoms with Gasteiger partial charge in [-0.3, -0.25) is 0 Å². The van der Waals surface area contributed by atoms with E-state index < -0.39 is 0 Å². The fourth-order valence-corrected chi connectivity index (χ4v) is 11.6. The Bertz CT molecular complexity index is 747. The largest absolute Gasteiger partial charge is 0.393 e. The van der Waals surface area contributed by atoms with Crippen LogP contribution in [0.3, 0.4) is 0 Å². The zero-order valence-corrected chi connectivity index (χ0v) is 22.0. The molecule has 5 rings (SSSR count). The molecule has 0 aromatic heterocycles. The smallest absolute Gasteiger partial charge is 0.0594 e. The maximum Gasteiger partial charge on any atom is 0.0594 e. The van der Waals surface area contributed by atoms with Crippen molar-refractivity contribution in [1.82, 2.24) is 9.80 Å². The highest BCUT2D eigenvalue weighted by atomic mass is 16.3. The van der Waals surface area contributed by atoms with Crippen LogP contribution < -0.4 is 0 Å². The summed E-state index contributed by atoms with van der Waals surface area (Å²) in [5.74, 6) is 2.10. The molecule has 10 unspecified atom stereocenters. The van der Waals surface area contributed by atoms with Crippen molar-refractivity contribution in [2.24, 2.45) is 44.8 Å². The topological polar surface area (TPSA) is 26.7 Å². The lowest BCUT2D eigenvalue weighted by Crippen LogP contribution is -2.59. The van der Waals surface area contributed by atoms with Gasteiger partial charge in [0.05, 0.1) is 6.10 Å². The number of aliphatic hydroxyl groups excluding tert-OH is 1. The van der Waals surface area contributed by atoms with Gasteiger partial charge in [-0.2, -0.15) is 0 Å². The number of fused-ring (bicyclic) bond motifs is 2. The zero-order chi connectivity index (χ0) is 22.8. The molecule has 0 bridgehead atoms. The Kier molecular flexibility index (Phi) is 4.76. The Morgan fingerprint density at radius 1 is 0.806 bits per heavy atom. The van der Waals surface area contributed by atoms with E-state index >= 15 is 0 Å². The molecule has 0 aliphatic heterocycles. The first-order valence-electron chi connectivity index (χ1n) is 13.3. The number of nitrogens with zero attached hydrogens (tertiary/aromatic N) is 2. The predicted molar refractivity (Wildman–Crippen MR) is 129 cm³/mol. The Hall–Kier alpha value is -0.120. The quantitative estimate of drug-likeness (QED) is 0.660. The van der Waals surface area contributed by atoms with Crippen LogP contribution in [0.2, 0.25) is 0 Å². The van der Waals surface area contributed by atoms with E-state index in [2.05, 4.69) is 72.6 Å². The molecular weight excluding hydrogens is 380 g/mol. The second-order valence-corrected chi connectivity index (χ2v) is 14.3. The third-order valence-corrected chi connectivity index (χ3v) is 13.1. The molecule has 0 aromatic rings. The third-order valence-electron chi connectivity index (χ3n) is 13.1. The summed E-state index contributed by atoms with van der Waals surface area (Å²) in [4.78, 5) is 4.88. The summed E-state index contributed by atoms with van der Waals surface area (Å²) in [5, 5.41) is 11.4. The van der Waals surface area contributed by atoms with E-state index in [9.17, 15) is 5.11 Å². The second kappa shape index (κ2) is 6.51. The van der Waals surface area contributed by atoms with Gasteiger partial charge in [0, 0.05) is 18.0 Å². The van der Waals surface area contributed by atoms with Crippen LogP contribution in [0.5, 0.6) is 0 Å². The van der Waals surface area contributed by atoms with Gasteiger partial charge in [0.15, 0.2) is 0 Å². The molecule has 5 fully saturated rings. The van der Waals surface area contributed by atoms with Gasteiger partial charge in [-0.15, -0.1) is 0 Å². The Morgan fingerprint density at radius 3 is 2.03 bits per heavy atom. The maximum atomic E-state index is 11.4. The van der Waals surface area contributed by atoms with Gasteiger partial charge in [0.1, 0.15) is 0 Å². The van der Waals surface area contributed by atoms with E-state index in [0.717, 1.165) is 24.3 Å². The van der Waals surface area contributed by atoms with Crippen molar-refractivity contribution in [3.05, 3.63) is 0 Å². The van der Waals surface area contributed by atoms with Gasteiger partial charge in [-0.05, 0) is 125 Å². The standard InChI is InChI=1S/C28H50N2O/c1-18(29(6)7)23-19(31)16-26(5)21-11-10-20-24(2,3)22(30(8)9)12-13-27(20)17-28(21,27)15-14-25(23,26)4/h18-23,31H,10-17H2,1-9H3. The number of rotatable bonds is 3. The van der Waals surface area contributed by atoms with Gasteiger partial charge in [-0.1, -0.05) is 27.7 Å². The minimum absolute atomic E-state index is 0.143. The molecule has 0 radical (unpaired) electrons. The molecule has 3 nitrogen and oxygen atoms in total. The second-order valence-electron chi connectivity index (χ2n) is 14.3. The third kappa shape index (κ3) is 2.47. The first-order valence-corrected chi connectivity index (χ1v) is 13.3. The van der Waals surface area contributed by atoms with Crippen molar-refractivity contribution in [3.63, 3.8) is 0 Å². The van der Waals surface area contributed by atoms with Gasteiger partial charge in [-0.25, -0.2) is 0 Å². The van der Waals surface area contributed by atoms with E-state index in [1.807, 2.05) is 0 Å². The lowest BCUT2D eigenvalue weighted by Gasteiger charge is -2.64. The first kappa shape index (κ1) is 22.7. The van der Waals surface area contributed by atoms with Crippen LogP contribution in [0.1, 0.15) is 86.0 Å². The fraction of sp³-hybridized carbons (Fsp3) is 1.00. The predicted octanol–water partition coefficient (Wildman–Crippen LogP) is 5.28. The SMILES string of the molecule is CC(C1C(O)CC2(C)C3CCC4C(C)(C)C(N(C)C)CCC45CC35CCC12C)N(C)C. The molecule has 5 saturated carbocycles. The highest BCUT2D eigenvalue weighted by molar-refractivity contribution is 5.31. The lowest BCUT2D eigenvalue weighted by atomic mass is 9.41. The van der Waals surface area contributed by atoms with E-state index in [1.54, 1.807) is 0 Å². The van der Waals surface area contributed by atoms with Crippen LogP contribution >= 0.6 is 0 Å².